The average molecular weight is 291 g/mol. The molecule has 0 aliphatic carbocycles. The quantitative estimate of drug-likeness (QED) is 0.911. The van der Waals surface area contributed by atoms with Crippen LogP contribution in [-0.2, 0) is 0 Å². The van der Waals surface area contributed by atoms with Crippen LogP contribution < -0.4 is 10.5 Å². The number of rotatable bonds is 4. The summed E-state index contributed by atoms with van der Waals surface area (Å²) in [5.41, 5.74) is 7.38. The number of hydrogen-bond acceptors (Lipinski definition) is 3. The van der Waals surface area contributed by atoms with Crippen molar-refractivity contribution in [2.45, 2.75) is 29.7 Å². The summed E-state index contributed by atoms with van der Waals surface area (Å²) in [5, 5.41) is 0. The van der Waals surface area contributed by atoms with E-state index in [1.807, 2.05) is 37.3 Å². The van der Waals surface area contributed by atoms with E-state index in [4.69, 9.17) is 10.5 Å². The molecule has 0 fully saturated rings. The second-order valence-corrected chi connectivity index (χ2v) is 5.82. The monoisotopic (exact) mass is 291 g/mol. The Balaban J connectivity index is 2.39. The largest absolute Gasteiger partial charge is 0.497 e. The van der Waals surface area contributed by atoms with Gasteiger partial charge in [0.2, 0.25) is 0 Å². The molecule has 106 valence electrons. The van der Waals surface area contributed by atoms with Crippen LogP contribution in [0.15, 0.2) is 46.2 Å². The molecule has 0 heterocycles. The number of ether oxygens (including phenoxy) is 1. The predicted molar refractivity (Wildman–Crippen MR) is 80.9 cm³/mol. The average Bonchev–Trinajstić information content (AvgIpc) is 2.42. The highest BCUT2D eigenvalue weighted by Crippen LogP contribution is 2.35. The van der Waals surface area contributed by atoms with Gasteiger partial charge in [-0.25, -0.2) is 4.39 Å². The van der Waals surface area contributed by atoms with Crippen molar-refractivity contribution in [2.75, 3.05) is 7.11 Å². The van der Waals surface area contributed by atoms with Crippen molar-refractivity contribution in [2.24, 2.45) is 5.73 Å². The van der Waals surface area contributed by atoms with Crippen LogP contribution in [0.2, 0.25) is 0 Å². The third kappa shape index (κ3) is 3.32. The Morgan fingerprint density at radius 1 is 1.25 bits per heavy atom. The maximum absolute atomic E-state index is 13.7. The van der Waals surface area contributed by atoms with Crippen molar-refractivity contribution in [1.29, 1.82) is 0 Å². The molecule has 4 heteroatoms. The Bertz CT molecular complexity index is 613. The van der Waals surface area contributed by atoms with Gasteiger partial charge in [-0.1, -0.05) is 17.8 Å². The summed E-state index contributed by atoms with van der Waals surface area (Å²) in [6.07, 6.45) is 0. The molecule has 2 aromatic carbocycles. The predicted octanol–water partition coefficient (Wildman–Crippen LogP) is 4.31. The summed E-state index contributed by atoms with van der Waals surface area (Å²) in [4.78, 5) is 2.02. The molecule has 0 aliphatic heterocycles. The lowest BCUT2D eigenvalue weighted by Gasteiger charge is -2.14. The highest BCUT2D eigenvalue weighted by Gasteiger charge is 2.12. The van der Waals surface area contributed by atoms with Gasteiger partial charge in [0.25, 0.3) is 0 Å². The number of methoxy groups -OCH3 is 1. The van der Waals surface area contributed by atoms with Crippen molar-refractivity contribution >= 4 is 11.8 Å². The smallest absolute Gasteiger partial charge is 0.126 e. The zero-order valence-corrected chi connectivity index (χ0v) is 12.6. The first-order chi connectivity index (χ1) is 9.51. The third-order valence-corrected chi connectivity index (χ3v) is 4.11. The van der Waals surface area contributed by atoms with E-state index in [0.717, 1.165) is 21.1 Å². The molecule has 0 amide bonds. The first-order valence-corrected chi connectivity index (χ1v) is 7.20. The van der Waals surface area contributed by atoms with Gasteiger partial charge in [0.05, 0.1) is 7.11 Å². The van der Waals surface area contributed by atoms with E-state index >= 15 is 0 Å². The summed E-state index contributed by atoms with van der Waals surface area (Å²) in [6.45, 7) is 3.62. The zero-order valence-electron chi connectivity index (χ0n) is 11.8. The fourth-order valence-corrected chi connectivity index (χ4v) is 3.08. The van der Waals surface area contributed by atoms with Crippen LogP contribution in [0.5, 0.6) is 5.75 Å². The van der Waals surface area contributed by atoms with E-state index in [2.05, 4.69) is 0 Å². The van der Waals surface area contributed by atoms with Crippen LogP contribution in [-0.4, -0.2) is 7.11 Å². The van der Waals surface area contributed by atoms with Gasteiger partial charge >= 0.3 is 0 Å². The summed E-state index contributed by atoms with van der Waals surface area (Å²) < 4.78 is 18.9. The molecule has 0 saturated carbocycles. The Labute approximate surface area is 123 Å². The molecular weight excluding hydrogens is 273 g/mol. The molecule has 2 N–H and O–H groups in total. The van der Waals surface area contributed by atoms with Gasteiger partial charge in [0.15, 0.2) is 0 Å². The summed E-state index contributed by atoms with van der Waals surface area (Å²) in [6, 6.07) is 10.9. The maximum Gasteiger partial charge on any atom is 0.126 e. The Kier molecular flexibility index (Phi) is 4.68. The first-order valence-electron chi connectivity index (χ1n) is 6.39. The van der Waals surface area contributed by atoms with Crippen molar-refractivity contribution in [1.82, 2.24) is 0 Å². The van der Waals surface area contributed by atoms with Gasteiger partial charge in [-0.05, 0) is 55.3 Å². The van der Waals surface area contributed by atoms with Gasteiger partial charge in [0, 0.05) is 15.8 Å². The Hall–Kier alpha value is -1.52. The molecule has 2 aromatic rings. The summed E-state index contributed by atoms with van der Waals surface area (Å²) >= 11 is 1.57. The number of aryl methyl sites for hydroxylation is 1. The topological polar surface area (TPSA) is 35.2 Å². The first kappa shape index (κ1) is 14.9. The normalized spacial score (nSPS) is 12.2. The van der Waals surface area contributed by atoms with E-state index in [-0.39, 0.29) is 11.9 Å². The lowest BCUT2D eigenvalue weighted by atomic mass is 10.1. The van der Waals surface area contributed by atoms with Crippen molar-refractivity contribution in [3.8, 4) is 5.75 Å². The Morgan fingerprint density at radius 2 is 2.00 bits per heavy atom. The van der Waals surface area contributed by atoms with Crippen molar-refractivity contribution in [3.05, 3.63) is 53.3 Å². The molecule has 20 heavy (non-hydrogen) atoms. The fraction of sp³-hybridized carbons (Fsp3) is 0.250. The number of hydrogen-bond donors (Lipinski definition) is 1. The lowest BCUT2D eigenvalue weighted by Crippen LogP contribution is -2.07. The van der Waals surface area contributed by atoms with Crippen LogP contribution >= 0.6 is 11.8 Å². The Morgan fingerprint density at radius 3 is 2.65 bits per heavy atom. The number of benzene rings is 2. The molecular formula is C16H18FNOS. The molecule has 0 unspecified atom stereocenters. The minimum Gasteiger partial charge on any atom is -0.497 e. The van der Waals surface area contributed by atoms with Gasteiger partial charge in [-0.2, -0.15) is 0 Å². The van der Waals surface area contributed by atoms with Gasteiger partial charge in [0.1, 0.15) is 11.6 Å². The third-order valence-electron chi connectivity index (χ3n) is 3.05. The maximum atomic E-state index is 13.7. The van der Waals surface area contributed by atoms with E-state index in [0.29, 0.717) is 5.56 Å². The minimum absolute atomic E-state index is 0.210. The van der Waals surface area contributed by atoms with Crippen LogP contribution in [0.1, 0.15) is 24.1 Å². The second-order valence-electron chi connectivity index (χ2n) is 4.71. The SMILES string of the molecule is COc1cccc(Sc2cc(C)c(F)cc2[C@@H](C)N)c1. The standard InChI is InChI=1S/C16H18FNOS/c1-10-7-16(14(11(2)18)9-15(10)17)20-13-6-4-5-12(8-13)19-3/h4-9,11H,18H2,1-3H3/t11-/m1/s1. The van der Waals surface area contributed by atoms with Crippen LogP contribution in [0, 0.1) is 12.7 Å². The molecule has 0 bridgehead atoms. The van der Waals surface area contributed by atoms with Gasteiger partial charge in [-0.3, -0.25) is 0 Å². The number of nitrogens with two attached hydrogens (primary N) is 1. The molecule has 0 aromatic heterocycles. The van der Waals surface area contributed by atoms with Gasteiger partial charge < -0.3 is 10.5 Å². The van der Waals surface area contributed by atoms with Crippen LogP contribution in [0.25, 0.3) is 0 Å². The van der Waals surface area contributed by atoms with Crippen molar-refractivity contribution in [3.63, 3.8) is 0 Å². The molecule has 1 atom stereocenters. The highest BCUT2D eigenvalue weighted by atomic mass is 32.2. The summed E-state index contributed by atoms with van der Waals surface area (Å²) in [5.74, 6) is 0.587. The van der Waals surface area contributed by atoms with Gasteiger partial charge in [-0.15, -0.1) is 0 Å². The van der Waals surface area contributed by atoms with Crippen LogP contribution in [0.4, 0.5) is 4.39 Å². The van der Waals surface area contributed by atoms with E-state index in [9.17, 15) is 4.39 Å². The van der Waals surface area contributed by atoms with Crippen molar-refractivity contribution < 1.29 is 9.13 Å². The molecule has 2 rings (SSSR count). The zero-order chi connectivity index (χ0) is 14.7. The molecule has 0 radical (unpaired) electrons. The lowest BCUT2D eigenvalue weighted by molar-refractivity contribution is 0.413. The molecule has 0 spiro atoms. The van der Waals surface area contributed by atoms with E-state index < -0.39 is 0 Å². The molecule has 2 nitrogen and oxygen atoms in total. The van der Waals surface area contributed by atoms with E-state index in [1.165, 1.54) is 6.07 Å². The molecule has 0 saturated heterocycles. The summed E-state index contributed by atoms with van der Waals surface area (Å²) in [7, 11) is 1.64. The second kappa shape index (κ2) is 6.29. The fourth-order valence-electron chi connectivity index (χ4n) is 1.91. The number of halogens is 1. The molecule has 0 aliphatic rings. The van der Waals surface area contributed by atoms with E-state index in [1.54, 1.807) is 25.8 Å². The van der Waals surface area contributed by atoms with Crippen LogP contribution in [0.3, 0.4) is 0 Å². The minimum atomic E-state index is -0.215. The highest BCUT2D eigenvalue weighted by molar-refractivity contribution is 7.99.